The predicted molar refractivity (Wildman–Crippen MR) is 57.7 cm³/mol. The van der Waals surface area contributed by atoms with E-state index in [-0.39, 0.29) is 0 Å². The number of rotatable bonds is 5. The monoisotopic (exact) mass is 184 g/mol. The van der Waals surface area contributed by atoms with Crippen LogP contribution < -0.4 is 11.1 Å². The van der Waals surface area contributed by atoms with Gasteiger partial charge in [0.25, 0.3) is 0 Å². The molecule has 1 atom stereocenters. The van der Waals surface area contributed by atoms with Crippen LogP contribution in [0.2, 0.25) is 0 Å². The standard InChI is InChI=1S/C11H24N2/c1-10(9-12)13-8-7-11-5-3-2-4-6-11/h10-11,13H,2-9,12H2,1H3/t10-/m1/s1. The first-order chi connectivity index (χ1) is 6.33. The summed E-state index contributed by atoms with van der Waals surface area (Å²) in [5, 5.41) is 3.45. The van der Waals surface area contributed by atoms with Crippen molar-refractivity contribution in [1.82, 2.24) is 5.32 Å². The Morgan fingerprint density at radius 1 is 1.31 bits per heavy atom. The van der Waals surface area contributed by atoms with Gasteiger partial charge in [-0.05, 0) is 25.8 Å². The topological polar surface area (TPSA) is 38.0 Å². The third kappa shape index (κ3) is 4.63. The van der Waals surface area contributed by atoms with Gasteiger partial charge in [0.2, 0.25) is 0 Å². The van der Waals surface area contributed by atoms with Crippen molar-refractivity contribution in [2.45, 2.75) is 51.5 Å². The fourth-order valence-corrected chi connectivity index (χ4v) is 2.09. The van der Waals surface area contributed by atoms with Crippen molar-refractivity contribution in [3.05, 3.63) is 0 Å². The van der Waals surface area contributed by atoms with Gasteiger partial charge in [0, 0.05) is 12.6 Å². The Hall–Kier alpha value is -0.0800. The summed E-state index contributed by atoms with van der Waals surface area (Å²) >= 11 is 0. The van der Waals surface area contributed by atoms with Crippen LogP contribution in [0.25, 0.3) is 0 Å². The molecule has 0 aromatic heterocycles. The molecule has 1 rings (SSSR count). The molecule has 0 bridgehead atoms. The molecule has 1 aliphatic rings. The van der Waals surface area contributed by atoms with E-state index in [1.165, 1.54) is 38.5 Å². The lowest BCUT2D eigenvalue weighted by Crippen LogP contribution is -2.34. The van der Waals surface area contributed by atoms with Crippen molar-refractivity contribution in [3.63, 3.8) is 0 Å². The summed E-state index contributed by atoms with van der Waals surface area (Å²) in [6, 6.07) is 0.489. The van der Waals surface area contributed by atoms with E-state index in [1.807, 2.05) is 0 Å². The Labute approximate surface area is 82.3 Å². The normalized spacial score (nSPS) is 21.7. The van der Waals surface area contributed by atoms with Crippen LogP contribution in [0.3, 0.4) is 0 Å². The van der Waals surface area contributed by atoms with E-state index in [9.17, 15) is 0 Å². The summed E-state index contributed by atoms with van der Waals surface area (Å²) in [6.45, 7) is 4.06. The Morgan fingerprint density at radius 3 is 2.62 bits per heavy atom. The summed E-state index contributed by atoms with van der Waals surface area (Å²) in [6.07, 6.45) is 8.64. The van der Waals surface area contributed by atoms with Crippen LogP contribution in [-0.2, 0) is 0 Å². The van der Waals surface area contributed by atoms with Crippen molar-refractivity contribution in [2.75, 3.05) is 13.1 Å². The van der Waals surface area contributed by atoms with Gasteiger partial charge in [-0.3, -0.25) is 0 Å². The van der Waals surface area contributed by atoms with Crippen LogP contribution in [0.15, 0.2) is 0 Å². The molecule has 13 heavy (non-hydrogen) atoms. The van der Waals surface area contributed by atoms with E-state index in [2.05, 4.69) is 12.2 Å². The van der Waals surface area contributed by atoms with E-state index in [0.717, 1.165) is 19.0 Å². The van der Waals surface area contributed by atoms with E-state index in [0.29, 0.717) is 6.04 Å². The molecule has 0 aliphatic heterocycles. The first-order valence-electron chi connectivity index (χ1n) is 5.76. The first-order valence-corrected chi connectivity index (χ1v) is 5.76. The molecule has 78 valence electrons. The van der Waals surface area contributed by atoms with Crippen molar-refractivity contribution in [3.8, 4) is 0 Å². The highest BCUT2D eigenvalue weighted by molar-refractivity contribution is 4.68. The molecule has 0 amide bonds. The second kappa shape index (κ2) is 6.39. The third-order valence-electron chi connectivity index (χ3n) is 3.12. The number of hydrogen-bond acceptors (Lipinski definition) is 2. The highest BCUT2D eigenvalue weighted by Gasteiger charge is 2.12. The summed E-state index contributed by atoms with van der Waals surface area (Å²) in [5.41, 5.74) is 5.53. The third-order valence-corrected chi connectivity index (χ3v) is 3.12. The molecule has 3 N–H and O–H groups in total. The van der Waals surface area contributed by atoms with Gasteiger partial charge in [-0.15, -0.1) is 0 Å². The van der Waals surface area contributed by atoms with Gasteiger partial charge in [0.1, 0.15) is 0 Å². The lowest BCUT2D eigenvalue weighted by atomic mass is 9.87. The molecule has 2 heteroatoms. The number of nitrogens with two attached hydrogens (primary N) is 1. The lowest BCUT2D eigenvalue weighted by molar-refractivity contribution is 0.329. The summed E-state index contributed by atoms with van der Waals surface area (Å²) in [5.74, 6) is 0.992. The van der Waals surface area contributed by atoms with Crippen molar-refractivity contribution in [2.24, 2.45) is 11.7 Å². The van der Waals surface area contributed by atoms with E-state index >= 15 is 0 Å². The number of hydrogen-bond donors (Lipinski definition) is 2. The largest absolute Gasteiger partial charge is 0.329 e. The summed E-state index contributed by atoms with van der Waals surface area (Å²) in [7, 11) is 0. The molecule has 0 spiro atoms. The van der Waals surface area contributed by atoms with Crippen LogP contribution in [0.1, 0.15) is 45.4 Å². The zero-order valence-corrected chi connectivity index (χ0v) is 8.89. The molecule has 1 fully saturated rings. The number of nitrogens with one attached hydrogen (secondary N) is 1. The summed E-state index contributed by atoms with van der Waals surface area (Å²) in [4.78, 5) is 0. The molecule has 1 saturated carbocycles. The van der Waals surface area contributed by atoms with Crippen molar-refractivity contribution < 1.29 is 0 Å². The average Bonchev–Trinajstić information content (AvgIpc) is 2.19. The van der Waals surface area contributed by atoms with E-state index in [1.54, 1.807) is 0 Å². The van der Waals surface area contributed by atoms with Crippen molar-refractivity contribution >= 4 is 0 Å². The van der Waals surface area contributed by atoms with Gasteiger partial charge in [0.05, 0.1) is 0 Å². The second-order valence-corrected chi connectivity index (χ2v) is 4.38. The van der Waals surface area contributed by atoms with Gasteiger partial charge < -0.3 is 11.1 Å². The van der Waals surface area contributed by atoms with Gasteiger partial charge in [0.15, 0.2) is 0 Å². The van der Waals surface area contributed by atoms with Gasteiger partial charge in [-0.25, -0.2) is 0 Å². The molecule has 0 radical (unpaired) electrons. The molecular formula is C11H24N2. The quantitative estimate of drug-likeness (QED) is 0.685. The Morgan fingerprint density at radius 2 is 2.00 bits per heavy atom. The Kier molecular flexibility index (Phi) is 5.40. The fourth-order valence-electron chi connectivity index (χ4n) is 2.09. The highest BCUT2D eigenvalue weighted by atomic mass is 14.9. The second-order valence-electron chi connectivity index (χ2n) is 4.38. The molecule has 2 nitrogen and oxygen atoms in total. The van der Waals surface area contributed by atoms with Gasteiger partial charge in [-0.1, -0.05) is 32.1 Å². The van der Waals surface area contributed by atoms with Crippen LogP contribution in [0.4, 0.5) is 0 Å². The maximum atomic E-state index is 5.53. The SMILES string of the molecule is C[C@H](CN)NCCC1CCCCC1. The average molecular weight is 184 g/mol. The smallest absolute Gasteiger partial charge is 0.0161 e. The van der Waals surface area contributed by atoms with E-state index in [4.69, 9.17) is 5.73 Å². The minimum absolute atomic E-state index is 0.489. The molecule has 0 aromatic carbocycles. The van der Waals surface area contributed by atoms with Gasteiger partial charge >= 0.3 is 0 Å². The van der Waals surface area contributed by atoms with Crippen molar-refractivity contribution in [1.29, 1.82) is 0 Å². The minimum Gasteiger partial charge on any atom is -0.329 e. The maximum Gasteiger partial charge on any atom is 0.0161 e. The van der Waals surface area contributed by atoms with Gasteiger partial charge in [-0.2, -0.15) is 0 Å². The van der Waals surface area contributed by atoms with E-state index < -0.39 is 0 Å². The minimum atomic E-state index is 0.489. The highest BCUT2D eigenvalue weighted by Crippen LogP contribution is 2.25. The summed E-state index contributed by atoms with van der Waals surface area (Å²) < 4.78 is 0. The molecule has 1 aliphatic carbocycles. The van der Waals surface area contributed by atoms with Crippen LogP contribution in [0, 0.1) is 5.92 Å². The lowest BCUT2D eigenvalue weighted by Gasteiger charge is -2.22. The predicted octanol–water partition coefficient (Wildman–Crippen LogP) is 1.89. The maximum absolute atomic E-state index is 5.53. The zero-order chi connectivity index (χ0) is 9.52. The Balaban J connectivity index is 1.98. The molecule has 0 unspecified atom stereocenters. The Bertz CT molecular complexity index is 119. The molecule has 0 saturated heterocycles. The molecule has 0 aromatic rings. The van der Waals surface area contributed by atoms with Crippen LogP contribution in [0.5, 0.6) is 0 Å². The van der Waals surface area contributed by atoms with Crippen LogP contribution >= 0.6 is 0 Å². The zero-order valence-electron chi connectivity index (χ0n) is 8.89. The van der Waals surface area contributed by atoms with Crippen LogP contribution in [-0.4, -0.2) is 19.1 Å². The first kappa shape index (κ1) is 11.0. The fraction of sp³-hybridized carbons (Fsp3) is 1.00. The molecular weight excluding hydrogens is 160 g/mol. The molecule has 0 heterocycles.